The van der Waals surface area contributed by atoms with Crippen molar-refractivity contribution in [2.24, 2.45) is 0 Å². The molecule has 1 amide bonds. The second-order valence-corrected chi connectivity index (χ2v) is 8.27. The van der Waals surface area contributed by atoms with Crippen LogP contribution in [0.2, 0.25) is 0 Å². The summed E-state index contributed by atoms with van der Waals surface area (Å²) >= 11 is 0. The van der Waals surface area contributed by atoms with E-state index in [2.05, 4.69) is 54.0 Å². The standard InChI is InChI=1S/C27H40N2O/c1-2-3-4-5-6-7-8-9-10-14-17-27(30)29-26-20-18-25(19-21-26)23-28-22-24-15-12-11-13-16-24/h11-13,15-16,18-21,28H,2-10,14,17,22-23H2,1H3,(H,29,30). The SMILES string of the molecule is CCCCCCCCCCCCC(=O)Nc1ccc(CNCc2ccccc2)cc1. The van der Waals surface area contributed by atoms with E-state index >= 15 is 0 Å². The van der Waals surface area contributed by atoms with E-state index < -0.39 is 0 Å². The molecule has 0 saturated carbocycles. The Morgan fingerprint density at radius 1 is 0.667 bits per heavy atom. The molecule has 164 valence electrons. The molecule has 0 fully saturated rings. The maximum absolute atomic E-state index is 12.1. The fraction of sp³-hybridized carbons (Fsp3) is 0.519. The van der Waals surface area contributed by atoms with Gasteiger partial charge in [-0.3, -0.25) is 4.79 Å². The lowest BCUT2D eigenvalue weighted by Crippen LogP contribution is -2.13. The van der Waals surface area contributed by atoms with Gasteiger partial charge >= 0.3 is 0 Å². The smallest absolute Gasteiger partial charge is 0.224 e. The minimum Gasteiger partial charge on any atom is -0.326 e. The summed E-state index contributed by atoms with van der Waals surface area (Å²) in [6, 6.07) is 18.6. The van der Waals surface area contributed by atoms with E-state index in [1.54, 1.807) is 0 Å². The van der Waals surface area contributed by atoms with Gasteiger partial charge in [0, 0.05) is 25.2 Å². The van der Waals surface area contributed by atoms with Crippen LogP contribution >= 0.6 is 0 Å². The normalized spacial score (nSPS) is 10.8. The van der Waals surface area contributed by atoms with Crippen LogP contribution in [0.25, 0.3) is 0 Å². The Bertz CT molecular complexity index is 682. The van der Waals surface area contributed by atoms with Crippen molar-refractivity contribution in [1.29, 1.82) is 0 Å². The summed E-state index contributed by atoms with van der Waals surface area (Å²) in [5.41, 5.74) is 3.39. The van der Waals surface area contributed by atoms with Crippen molar-refractivity contribution >= 4 is 11.6 Å². The third kappa shape index (κ3) is 11.2. The van der Waals surface area contributed by atoms with Crippen molar-refractivity contribution in [1.82, 2.24) is 5.32 Å². The highest BCUT2D eigenvalue weighted by atomic mass is 16.1. The Morgan fingerprint density at radius 3 is 1.80 bits per heavy atom. The number of benzene rings is 2. The lowest BCUT2D eigenvalue weighted by atomic mass is 10.1. The molecule has 0 unspecified atom stereocenters. The molecule has 0 aliphatic heterocycles. The van der Waals surface area contributed by atoms with Crippen molar-refractivity contribution in [3.05, 3.63) is 65.7 Å². The van der Waals surface area contributed by atoms with E-state index in [0.717, 1.165) is 31.6 Å². The molecule has 0 radical (unpaired) electrons. The number of rotatable bonds is 16. The second-order valence-electron chi connectivity index (χ2n) is 8.27. The van der Waals surface area contributed by atoms with Gasteiger partial charge in [0.15, 0.2) is 0 Å². The zero-order valence-electron chi connectivity index (χ0n) is 18.8. The Hall–Kier alpha value is -2.13. The van der Waals surface area contributed by atoms with Crippen LogP contribution in [0.3, 0.4) is 0 Å². The number of unbranched alkanes of at least 4 members (excludes halogenated alkanes) is 9. The molecule has 0 atom stereocenters. The molecule has 0 aliphatic rings. The number of hydrogen-bond acceptors (Lipinski definition) is 2. The first kappa shape index (κ1) is 24.1. The van der Waals surface area contributed by atoms with Crippen molar-refractivity contribution < 1.29 is 4.79 Å². The molecule has 2 aromatic carbocycles. The molecule has 0 heterocycles. The lowest BCUT2D eigenvalue weighted by molar-refractivity contribution is -0.116. The Balaban J connectivity index is 1.51. The van der Waals surface area contributed by atoms with Gasteiger partial charge in [0.05, 0.1) is 0 Å². The summed E-state index contributed by atoms with van der Waals surface area (Å²) in [7, 11) is 0. The molecule has 3 nitrogen and oxygen atoms in total. The van der Waals surface area contributed by atoms with Gasteiger partial charge in [0.1, 0.15) is 0 Å². The Morgan fingerprint density at radius 2 is 1.20 bits per heavy atom. The van der Waals surface area contributed by atoms with Gasteiger partial charge in [-0.2, -0.15) is 0 Å². The fourth-order valence-corrected chi connectivity index (χ4v) is 3.65. The van der Waals surface area contributed by atoms with Crippen LogP contribution in [-0.2, 0) is 17.9 Å². The predicted octanol–water partition coefficient (Wildman–Crippen LogP) is 7.23. The van der Waals surface area contributed by atoms with Gasteiger partial charge in [-0.1, -0.05) is 107 Å². The zero-order valence-corrected chi connectivity index (χ0v) is 18.8. The first-order chi connectivity index (χ1) is 14.8. The fourth-order valence-electron chi connectivity index (χ4n) is 3.65. The largest absolute Gasteiger partial charge is 0.326 e. The maximum atomic E-state index is 12.1. The van der Waals surface area contributed by atoms with Crippen molar-refractivity contribution in [3.8, 4) is 0 Å². The molecule has 0 bridgehead atoms. The molecule has 0 saturated heterocycles. The topological polar surface area (TPSA) is 41.1 Å². The highest BCUT2D eigenvalue weighted by molar-refractivity contribution is 5.90. The van der Waals surface area contributed by atoms with E-state index in [1.807, 2.05) is 18.2 Å². The quantitative estimate of drug-likeness (QED) is 0.288. The monoisotopic (exact) mass is 408 g/mol. The first-order valence-corrected chi connectivity index (χ1v) is 11.9. The van der Waals surface area contributed by atoms with E-state index in [0.29, 0.717) is 6.42 Å². The summed E-state index contributed by atoms with van der Waals surface area (Å²) in [4.78, 5) is 12.1. The van der Waals surface area contributed by atoms with Crippen molar-refractivity contribution in [2.45, 2.75) is 90.6 Å². The van der Waals surface area contributed by atoms with Crippen molar-refractivity contribution in [3.63, 3.8) is 0 Å². The number of carbonyl (C=O) groups excluding carboxylic acids is 1. The number of carbonyl (C=O) groups is 1. The Labute approximate surface area is 183 Å². The second kappa shape index (κ2) is 15.7. The molecule has 0 spiro atoms. The van der Waals surface area contributed by atoms with Crippen LogP contribution in [0.4, 0.5) is 5.69 Å². The zero-order chi connectivity index (χ0) is 21.3. The third-order valence-electron chi connectivity index (χ3n) is 5.50. The molecular weight excluding hydrogens is 368 g/mol. The van der Waals surface area contributed by atoms with Crippen LogP contribution in [0, 0.1) is 0 Å². The maximum Gasteiger partial charge on any atom is 0.224 e. The van der Waals surface area contributed by atoms with Crippen molar-refractivity contribution in [2.75, 3.05) is 5.32 Å². The van der Waals surface area contributed by atoms with Gasteiger partial charge in [0.25, 0.3) is 0 Å². The molecule has 2 aromatic rings. The molecule has 2 rings (SSSR count). The van der Waals surface area contributed by atoms with Crippen LogP contribution in [0.5, 0.6) is 0 Å². The number of anilines is 1. The molecule has 30 heavy (non-hydrogen) atoms. The van der Waals surface area contributed by atoms with E-state index in [4.69, 9.17) is 0 Å². The average Bonchev–Trinajstić information content (AvgIpc) is 2.77. The van der Waals surface area contributed by atoms with Crippen LogP contribution < -0.4 is 10.6 Å². The van der Waals surface area contributed by atoms with E-state index in [9.17, 15) is 4.79 Å². The minimum absolute atomic E-state index is 0.129. The van der Waals surface area contributed by atoms with Gasteiger partial charge in [-0.05, 0) is 29.7 Å². The van der Waals surface area contributed by atoms with E-state index in [-0.39, 0.29) is 5.91 Å². The predicted molar refractivity (Wildman–Crippen MR) is 129 cm³/mol. The number of nitrogens with one attached hydrogen (secondary N) is 2. The minimum atomic E-state index is 0.129. The number of amides is 1. The summed E-state index contributed by atoms with van der Waals surface area (Å²) in [5, 5.41) is 6.47. The summed E-state index contributed by atoms with van der Waals surface area (Å²) in [5.74, 6) is 0.129. The van der Waals surface area contributed by atoms with Crippen LogP contribution in [-0.4, -0.2) is 5.91 Å². The average molecular weight is 409 g/mol. The van der Waals surface area contributed by atoms with Crippen LogP contribution in [0.15, 0.2) is 54.6 Å². The Kier molecular flexibility index (Phi) is 12.6. The molecule has 2 N–H and O–H groups in total. The summed E-state index contributed by atoms with van der Waals surface area (Å²) in [6.07, 6.45) is 13.5. The van der Waals surface area contributed by atoms with E-state index in [1.165, 1.54) is 62.5 Å². The highest BCUT2D eigenvalue weighted by Crippen LogP contribution is 2.13. The van der Waals surface area contributed by atoms with Gasteiger partial charge < -0.3 is 10.6 Å². The first-order valence-electron chi connectivity index (χ1n) is 11.9. The summed E-state index contributed by atoms with van der Waals surface area (Å²) in [6.45, 7) is 3.94. The van der Waals surface area contributed by atoms with Gasteiger partial charge in [0.2, 0.25) is 5.91 Å². The number of hydrogen-bond donors (Lipinski definition) is 2. The summed E-state index contributed by atoms with van der Waals surface area (Å²) < 4.78 is 0. The van der Waals surface area contributed by atoms with Gasteiger partial charge in [-0.25, -0.2) is 0 Å². The third-order valence-corrected chi connectivity index (χ3v) is 5.50. The van der Waals surface area contributed by atoms with Crippen LogP contribution in [0.1, 0.15) is 88.7 Å². The van der Waals surface area contributed by atoms with Gasteiger partial charge in [-0.15, -0.1) is 0 Å². The highest BCUT2D eigenvalue weighted by Gasteiger charge is 2.03. The molecule has 0 aliphatic carbocycles. The molecular formula is C27H40N2O. The molecule has 3 heteroatoms. The lowest BCUT2D eigenvalue weighted by Gasteiger charge is -2.08. The molecule has 0 aromatic heterocycles.